The number of nitrogens with one attached hydrogen (secondary N) is 1. The summed E-state index contributed by atoms with van der Waals surface area (Å²) in [5, 5.41) is 5.05. The summed E-state index contributed by atoms with van der Waals surface area (Å²) in [7, 11) is 0. The van der Waals surface area contributed by atoms with Crippen molar-refractivity contribution in [2.75, 3.05) is 6.54 Å². The van der Waals surface area contributed by atoms with Crippen molar-refractivity contribution >= 4 is 16.9 Å². The molecule has 0 bridgehead atoms. The van der Waals surface area contributed by atoms with Gasteiger partial charge in [0.1, 0.15) is 5.60 Å². The SMILES string of the molecule is CC(C)(C)OC(=O)NCCc1ccc2cnccc2c1. The second kappa shape index (κ2) is 5.90. The lowest BCUT2D eigenvalue weighted by molar-refractivity contribution is 0.0528. The number of carbonyl (C=O) groups excluding carboxylic acids is 1. The minimum absolute atomic E-state index is 0.373. The number of pyridine rings is 1. The van der Waals surface area contributed by atoms with Crippen molar-refractivity contribution in [3.05, 3.63) is 42.2 Å². The molecule has 0 aliphatic carbocycles. The summed E-state index contributed by atoms with van der Waals surface area (Å²) in [6, 6.07) is 8.21. The second-order valence-corrected chi connectivity index (χ2v) is 5.74. The number of rotatable bonds is 3. The summed E-state index contributed by atoms with van der Waals surface area (Å²) < 4.78 is 5.19. The third-order valence-corrected chi connectivity index (χ3v) is 2.79. The van der Waals surface area contributed by atoms with Crippen LogP contribution in [0.25, 0.3) is 10.8 Å². The molecule has 0 saturated heterocycles. The van der Waals surface area contributed by atoms with Crippen LogP contribution in [-0.2, 0) is 11.2 Å². The largest absolute Gasteiger partial charge is 0.444 e. The quantitative estimate of drug-likeness (QED) is 0.932. The summed E-state index contributed by atoms with van der Waals surface area (Å²) in [4.78, 5) is 15.6. The molecule has 0 aliphatic rings. The van der Waals surface area contributed by atoms with Gasteiger partial charge in [0, 0.05) is 24.3 Å². The van der Waals surface area contributed by atoms with E-state index in [-0.39, 0.29) is 6.09 Å². The van der Waals surface area contributed by atoms with Crippen molar-refractivity contribution in [1.29, 1.82) is 0 Å². The maximum Gasteiger partial charge on any atom is 0.407 e. The normalized spacial score (nSPS) is 11.3. The van der Waals surface area contributed by atoms with Crippen LogP contribution in [0.2, 0.25) is 0 Å². The number of carbonyl (C=O) groups is 1. The monoisotopic (exact) mass is 272 g/mol. The van der Waals surface area contributed by atoms with E-state index in [2.05, 4.69) is 22.4 Å². The van der Waals surface area contributed by atoms with Gasteiger partial charge in [0.2, 0.25) is 0 Å². The summed E-state index contributed by atoms with van der Waals surface area (Å²) in [6.45, 7) is 6.11. The van der Waals surface area contributed by atoms with Gasteiger partial charge >= 0.3 is 6.09 Å². The molecule has 1 aromatic carbocycles. The van der Waals surface area contributed by atoms with Gasteiger partial charge in [-0.2, -0.15) is 0 Å². The van der Waals surface area contributed by atoms with Crippen LogP contribution in [-0.4, -0.2) is 23.2 Å². The van der Waals surface area contributed by atoms with Gasteiger partial charge in [0.15, 0.2) is 0 Å². The fraction of sp³-hybridized carbons (Fsp3) is 0.375. The van der Waals surface area contributed by atoms with Crippen LogP contribution in [0.15, 0.2) is 36.7 Å². The van der Waals surface area contributed by atoms with Crippen molar-refractivity contribution < 1.29 is 9.53 Å². The van der Waals surface area contributed by atoms with Crippen LogP contribution in [0.1, 0.15) is 26.3 Å². The van der Waals surface area contributed by atoms with Crippen molar-refractivity contribution in [1.82, 2.24) is 10.3 Å². The Morgan fingerprint density at radius 1 is 1.25 bits per heavy atom. The highest BCUT2D eigenvalue weighted by Crippen LogP contribution is 2.14. The van der Waals surface area contributed by atoms with Gasteiger partial charge in [-0.05, 0) is 44.2 Å². The van der Waals surface area contributed by atoms with Gasteiger partial charge in [0.25, 0.3) is 0 Å². The molecule has 20 heavy (non-hydrogen) atoms. The number of benzene rings is 1. The Bertz CT molecular complexity index is 603. The zero-order valence-electron chi connectivity index (χ0n) is 12.1. The highest BCUT2D eigenvalue weighted by molar-refractivity contribution is 5.82. The van der Waals surface area contributed by atoms with Gasteiger partial charge in [-0.1, -0.05) is 18.2 Å². The summed E-state index contributed by atoms with van der Waals surface area (Å²) in [5.41, 5.74) is 0.722. The number of alkyl carbamates (subject to hydrolysis) is 1. The molecule has 2 rings (SSSR count). The third kappa shape index (κ3) is 4.23. The lowest BCUT2D eigenvalue weighted by Gasteiger charge is -2.19. The molecule has 4 heteroatoms. The van der Waals surface area contributed by atoms with E-state index in [9.17, 15) is 4.79 Å². The molecular formula is C16H20N2O2. The van der Waals surface area contributed by atoms with Gasteiger partial charge in [0.05, 0.1) is 0 Å². The predicted molar refractivity (Wildman–Crippen MR) is 79.7 cm³/mol. The van der Waals surface area contributed by atoms with E-state index < -0.39 is 5.60 Å². The molecule has 0 atom stereocenters. The van der Waals surface area contributed by atoms with Gasteiger partial charge < -0.3 is 10.1 Å². The lowest BCUT2D eigenvalue weighted by atomic mass is 10.1. The molecule has 0 fully saturated rings. The second-order valence-electron chi connectivity index (χ2n) is 5.74. The van der Waals surface area contributed by atoms with Crippen LogP contribution < -0.4 is 5.32 Å². The maximum absolute atomic E-state index is 11.5. The van der Waals surface area contributed by atoms with E-state index in [0.29, 0.717) is 6.54 Å². The molecule has 1 amide bonds. The van der Waals surface area contributed by atoms with Crippen molar-refractivity contribution in [2.24, 2.45) is 0 Å². The third-order valence-electron chi connectivity index (χ3n) is 2.79. The summed E-state index contributed by atoms with van der Waals surface area (Å²) in [5.74, 6) is 0. The molecule has 106 valence electrons. The Kier molecular flexibility index (Phi) is 4.23. The molecule has 1 heterocycles. The maximum atomic E-state index is 11.5. The van der Waals surface area contributed by atoms with Crippen LogP contribution in [0.4, 0.5) is 4.79 Å². The molecule has 0 aliphatic heterocycles. The molecule has 0 spiro atoms. The van der Waals surface area contributed by atoms with Gasteiger partial charge in [-0.25, -0.2) is 4.79 Å². The Balaban J connectivity index is 1.88. The van der Waals surface area contributed by atoms with Gasteiger partial charge in [-0.3, -0.25) is 4.98 Å². The standard InChI is InChI=1S/C16H20N2O2/c1-16(2,3)20-15(19)18-9-6-12-4-5-14-11-17-8-7-13(14)10-12/h4-5,7-8,10-11H,6,9H2,1-3H3,(H,18,19). The number of amides is 1. The summed E-state index contributed by atoms with van der Waals surface area (Å²) >= 11 is 0. The van der Waals surface area contributed by atoms with E-state index in [1.54, 1.807) is 6.20 Å². The molecule has 0 unspecified atom stereocenters. The fourth-order valence-electron chi connectivity index (χ4n) is 1.91. The van der Waals surface area contributed by atoms with E-state index in [1.807, 2.05) is 39.1 Å². The van der Waals surface area contributed by atoms with Crippen LogP contribution in [0.5, 0.6) is 0 Å². The first kappa shape index (κ1) is 14.3. The van der Waals surface area contributed by atoms with Crippen molar-refractivity contribution in [3.8, 4) is 0 Å². The number of aromatic nitrogens is 1. The summed E-state index contributed by atoms with van der Waals surface area (Å²) in [6.07, 6.45) is 4.03. The number of nitrogens with zero attached hydrogens (tertiary/aromatic N) is 1. The first-order chi connectivity index (χ1) is 9.44. The van der Waals surface area contributed by atoms with Crippen LogP contribution >= 0.6 is 0 Å². The Morgan fingerprint density at radius 2 is 2.05 bits per heavy atom. The lowest BCUT2D eigenvalue weighted by Crippen LogP contribution is -2.33. The average molecular weight is 272 g/mol. The Morgan fingerprint density at radius 3 is 2.80 bits per heavy atom. The topological polar surface area (TPSA) is 51.2 Å². The molecule has 0 radical (unpaired) electrons. The molecular weight excluding hydrogens is 252 g/mol. The number of ether oxygens (including phenoxy) is 1. The number of fused-ring (bicyclic) bond motifs is 1. The molecule has 1 aromatic heterocycles. The Labute approximate surface area is 119 Å². The highest BCUT2D eigenvalue weighted by Gasteiger charge is 2.15. The fourth-order valence-corrected chi connectivity index (χ4v) is 1.91. The van der Waals surface area contributed by atoms with Gasteiger partial charge in [-0.15, -0.1) is 0 Å². The van der Waals surface area contributed by atoms with E-state index in [4.69, 9.17) is 4.74 Å². The van der Waals surface area contributed by atoms with E-state index in [0.717, 1.165) is 17.2 Å². The van der Waals surface area contributed by atoms with Crippen LogP contribution in [0, 0.1) is 0 Å². The minimum Gasteiger partial charge on any atom is -0.444 e. The first-order valence-electron chi connectivity index (χ1n) is 6.73. The smallest absolute Gasteiger partial charge is 0.407 e. The van der Waals surface area contributed by atoms with Crippen molar-refractivity contribution in [2.45, 2.75) is 32.8 Å². The predicted octanol–water partition coefficient (Wildman–Crippen LogP) is 3.30. The number of hydrogen-bond donors (Lipinski definition) is 1. The molecule has 2 aromatic rings. The van der Waals surface area contributed by atoms with Crippen molar-refractivity contribution in [3.63, 3.8) is 0 Å². The van der Waals surface area contributed by atoms with E-state index in [1.165, 1.54) is 5.56 Å². The Hall–Kier alpha value is -2.10. The zero-order chi connectivity index (χ0) is 14.6. The number of hydrogen-bond acceptors (Lipinski definition) is 3. The van der Waals surface area contributed by atoms with Crippen LogP contribution in [0.3, 0.4) is 0 Å². The minimum atomic E-state index is -0.458. The highest BCUT2D eigenvalue weighted by atomic mass is 16.6. The zero-order valence-corrected chi connectivity index (χ0v) is 12.1. The molecule has 4 nitrogen and oxygen atoms in total. The molecule has 1 N–H and O–H groups in total. The van der Waals surface area contributed by atoms with E-state index >= 15 is 0 Å². The first-order valence-corrected chi connectivity index (χ1v) is 6.73. The average Bonchev–Trinajstić information content (AvgIpc) is 2.36. The molecule has 0 saturated carbocycles.